The summed E-state index contributed by atoms with van der Waals surface area (Å²) < 4.78 is 0. The van der Waals surface area contributed by atoms with Gasteiger partial charge in [-0.15, -0.1) is 0 Å². The van der Waals surface area contributed by atoms with Crippen LogP contribution in [0.2, 0.25) is 0 Å². The van der Waals surface area contributed by atoms with Crippen LogP contribution < -0.4 is 5.56 Å². The molecule has 5 heteroatoms. The van der Waals surface area contributed by atoms with Gasteiger partial charge in [-0.25, -0.2) is 4.98 Å². The number of rotatable bonds is 1. The predicted molar refractivity (Wildman–Crippen MR) is 71.1 cm³/mol. The maximum Gasteiger partial charge on any atom is 0.259 e. The van der Waals surface area contributed by atoms with Crippen LogP contribution in [0.1, 0.15) is 0 Å². The summed E-state index contributed by atoms with van der Waals surface area (Å²) in [5, 5.41) is 19.8. The summed E-state index contributed by atoms with van der Waals surface area (Å²) in [7, 11) is 0. The Morgan fingerprint density at radius 2 is 1.79 bits per heavy atom. The average molecular weight is 254 g/mol. The van der Waals surface area contributed by atoms with Crippen molar-refractivity contribution in [2.24, 2.45) is 0 Å². The first-order chi connectivity index (χ1) is 9.16. The monoisotopic (exact) mass is 254 g/mol. The summed E-state index contributed by atoms with van der Waals surface area (Å²) in [6, 6.07) is 11.4. The summed E-state index contributed by atoms with van der Waals surface area (Å²) in [4.78, 5) is 18.8. The molecule has 0 atom stereocenters. The number of phenolic OH excluding ortho intramolecular Hbond substituents is 2. The van der Waals surface area contributed by atoms with E-state index >= 15 is 0 Å². The Kier molecular flexibility index (Phi) is 2.45. The van der Waals surface area contributed by atoms with E-state index < -0.39 is 0 Å². The minimum absolute atomic E-state index is 0.220. The number of benzene rings is 2. The van der Waals surface area contributed by atoms with Crippen molar-refractivity contribution >= 4 is 10.9 Å². The Morgan fingerprint density at radius 3 is 2.63 bits per heavy atom. The number of nitrogens with one attached hydrogen (secondary N) is 1. The molecule has 0 saturated carbocycles. The number of aromatic nitrogens is 2. The average Bonchev–Trinajstić information content (AvgIpc) is 2.42. The van der Waals surface area contributed by atoms with Crippen LogP contribution in [0.5, 0.6) is 11.5 Å². The second-order valence-corrected chi connectivity index (χ2v) is 4.10. The maximum atomic E-state index is 11.9. The number of nitrogens with zero attached hydrogens (tertiary/aromatic N) is 1. The molecule has 0 bridgehead atoms. The number of phenols is 2. The van der Waals surface area contributed by atoms with Gasteiger partial charge in [0.25, 0.3) is 5.56 Å². The third kappa shape index (κ3) is 1.81. The molecular formula is C14H10N2O3. The zero-order valence-electron chi connectivity index (χ0n) is 9.79. The van der Waals surface area contributed by atoms with E-state index in [1.54, 1.807) is 36.4 Å². The van der Waals surface area contributed by atoms with E-state index in [-0.39, 0.29) is 28.4 Å². The molecule has 0 aliphatic heterocycles. The van der Waals surface area contributed by atoms with Gasteiger partial charge in [-0.1, -0.05) is 18.2 Å². The van der Waals surface area contributed by atoms with Gasteiger partial charge in [0, 0.05) is 0 Å². The highest BCUT2D eigenvalue weighted by molar-refractivity contribution is 5.80. The van der Waals surface area contributed by atoms with Gasteiger partial charge in [0.1, 0.15) is 5.82 Å². The van der Waals surface area contributed by atoms with Crippen molar-refractivity contribution in [1.82, 2.24) is 9.97 Å². The molecule has 3 N–H and O–H groups in total. The molecule has 2 aromatic carbocycles. The minimum Gasteiger partial charge on any atom is -0.504 e. The zero-order chi connectivity index (χ0) is 13.4. The van der Waals surface area contributed by atoms with Crippen molar-refractivity contribution in [2.45, 2.75) is 0 Å². The first-order valence-electron chi connectivity index (χ1n) is 5.67. The van der Waals surface area contributed by atoms with Gasteiger partial charge in [0.2, 0.25) is 0 Å². The number of H-pyrrole nitrogens is 1. The summed E-state index contributed by atoms with van der Waals surface area (Å²) in [6.07, 6.45) is 0. The van der Waals surface area contributed by atoms with Gasteiger partial charge in [-0.3, -0.25) is 4.79 Å². The fraction of sp³-hybridized carbons (Fsp3) is 0. The molecule has 3 rings (SSSR count). The van der Waals surface area contributed by atoms with Crippen LogP contribution in [0, 0.1) is 0 Å². The Bertz CT molecular complexity index is 824. The molecule has 5 nitrogen and oxygen atoms in total. The van der Waals surface area contributed by atoms with Crippen LogP contribution in [-0.4, -0.2) is 20.2 Å². The smallest absolute Gasteiger partial charge is 0.259 e. The van der Waals surface area contributed by atoms with E-state index in [2.05, 4.69) is 9.97 Å². The van der Waals surface area contributed by atoms with E-state index in [0.29, 0.717) is 10.9 Å². The standard InChI is InChI=1S/C14H10N2O3/c17-11-7-3-5-9(12(11)18)13-15-10-6-2-1-4-8(10)14(19)16-13/h1-7,17-18H,(H,15,16,19). The number of hydrogen-bond acceptors (Lipinski definition) is 4. The highest BCUT2D eigenvalue weighted by Gasteiger charge is 2.11. The molecule has 0 aliphatic carbocycles. The predicted octanol–water partition coefficient (Wildman–Crippen LogP) is 2.00. The van der Waals surface area contributed by atoms with E-state index in [4.69, 9.17) is 0 Å². The fourth-order valence-electron chi connectivity index (χ4n) is 1.94. The molecule has 0 unspecified atom stereocenters. The third-order valence-electron chi connectivity index (χ3n) is 2.88. The van der Waals surface area contributed by atoms with Crippen molar-refractivity contribution < 1.29 is 10.2 Å². The Morgan fingerprint density at radius 1 is 1.00 bits per heavy atom. The molecule has 0 saturated heterocycles. The van der Waals surface area contributed by atoms with E-state index in [9.17, 15) is 15.0 Å². The number of hydrogen-bond donors (Lipinski definition) is 3. The summed E-state index contributed by atoms with van der Waals surface area (Å²) >= 11 is 0. The van der Waals surface area contributed by atoms with Crippen molar-refractivity contribution in [1.29, 1.82) is 0 Å². The molecule has 0 fully saturated rings. The van der Waals surface area contributed by atoms with Gasteiger partial charge in [0.15, 0.2) is 11.5 Å². The van der Waals surface area contributed by atoms with Crippen molar-refractivity contribution in [3.05, 3.63) is 52.8 Å². The van der Waals surface area contributed by atoms with Gasteiger partial charge >= 0.3 is 0 Å². The lowest BCUT2D eigenvalue weighted by Crippen LogP contribution is -2.09. The van der Waals surface area contributed by atoms with Crippen LogP contribution in [0.15, 0.2) is 47.3 Å². The fourth-order valence-corrected chi connectivity index (χ4v) is 1.94. The highest BCUT2D eigenvalue weighted by atomic mass is 16.3. The summed E-state index contributed by atoms with van der Waals surface area (Å²) in [5.74, 6) is -0.341. The largest absolute Gasteiger partial charge is 0.504 e. The Labute approximate surface area is 107 Å². The summed E-state index contributed by atoms with van der Waals surface area (Å²) in [5.41, 5.74) is 0.523. The Balaban J connectivity index is 2.32. The maximum absolute atomic E-state index is 11.9. The molecule has 1 aromatic heterocycles. The number of aromatic amines is 1. The van der Waals surface area contributed by atoms with Crippen LogP contribution >= 0.6 is 0 Å². The number of aromatic hydroxyl groups is 2. The van der Waals surface area contributed by atoms with Crippen molar-refractivity contribution in [3.8, 4) is 22.9 Å². The van der Waals surface area contributed by atoms with Gasteiger partial charge in [-0.05, 0) is 24.3 Å². The number of fused-ring (bicyclic) bond motifs is 1. The highest BCUT2D eigenvalue weighted by Crippen LogP contribution is 2.34. The minimum atomic E-state index is -0.305. The quantitative estimate of drug-likeness (QED) is 0.580. The second kappa shape index (κ2) is 4.13. The van der Waals surface area contributed by atoms with E-state index in [1.165, 1.54) is 6.07 Å². The van der Waals surface area contributed by atoms with E-state index in [1.807, 2.05) is 0 Å². The molecular weight excluding hydrogens is 244 g/mol. The molecule has 94 valence electrons. The lowest BCUT2D eigenvalue weighted by molar-refractivity contribution is 0.405. The molecule has 3 aromatic rings. The SMILES string of the molecule is O=c1[nH]c(-c2cccc(O)c2O)nc2ccccc12. The van der Waals surface area contributed by atoms with Gasteiger partial charge < -0.3 is 15.2 Å². The lowest BCUT2D eigenvalue weighted by atomic mass is 10.1. The third-order valence-corrected chi connectivity index (χ3v) is 2.88. The first kappa shape index (κ1) is 11.3. The van der Waals surface area contributed by atoms with Crippen LogP contribution in [0.4, 0.5) is 0 Å². The van der Waals surface area contributed by atoms with E-state index in [0.717, 1.165) is 0 Å². The first-order valence-corrected chi connectivity index (χ1v) is 5.67. The second-order valence-electron chi connectivity index (χ2n) is 4.10. The van der Waals surface area contributed by atoms with Crippen molar-refractivity contribution in [2.75, 3.05) is 0 Å². The number of para-hydroxylation sites is 2. The zero-order valence-corrected chi connectivity index (χ0v) is 9.79. The molecule has 19 heavy (non-hydrogen) atoms. The molecule has 1 heterocycles. The topological polar surface area (TPSA) is 86.2 Å². The van der Waals surface area contributed by atoms with Crippen LogP contribution in [0.25, 0.3) is 22.3 Å². The van der Waals surface area contributed by atoms with Gasteiger partial charge in [-0.2, -0.15) is 0 Å². The molecule has 0 aliphatic rings. The molecule has 0 amide bonds. The van der Waals surface area contributed by atoms with Crippen molar-refractivity contribution in [3.63, 3.8) is 0 Å². The van der Waals surface area contributed by atoms with Crippen LogP contribution in [0.3, 0.4) is 0 Å². The lowest BCUT2D eigenvalue weighted by Gasteiger charge is -2.06. The normalized spacial score (nSPS) is 10.7. The Hall–Kier alpha value is -2.82. The summed E-state index contributed by atoms with van der Waals surface area (Å²) in [6.45, 7) is 0. The van der Waals surface area contributed by atoms with Crippen LogP contribution in [-0.2, 0) is 0 Å². The molecule has 0 spiro atoms. The molecule has 0 radical (unpaired) electrons. The van der Waals surface area contributed by atoms with Gasteiger partial charge in [0.05, 0.1) is 16.5 Å².